The van der Waals surface area contributed by atoms with Crippen molar-refractivity contribution in [3.8, 4) is 5.75 Å². The zero-order valence-electron chi connectivity index (χ0n) is 9.58. The SMILES string of the molecule is Cc1cc(Cl)ccc1OCC(=O)NN(C)C. The summed E-state index contributed by atoms with van der Waals surface area (Å²) in [6.07, 6.45) is 0. The van der Waals surface area contributed by atoms with Gasteiger partial charge in [0.1, 0.15) is 5.75 Å². The number of amides is 1. The molecule has 0 unspecified atom stereocenters. The van der Waals surface area contributed by atoms with Crippen LogP contribution in [0.2, 0.25) is 5.02 Å². The van der Waals surface area contributed by atoms with E-state index in [-0.39, 0.29) is 12.5 Å². The Morgan fingerprint density at radius 1 is 1.50 bits per heavy atom. The molecular weight excluding hydrogens is 228 g/mol. The average molecular weight is 243 g/mol. The van der Waals surface area contributed by atoms with Gasteiger partial charge >= 0.3 is 0 Å². The number of hydrazine groups is 1. The fourth-order valence-electron chi connectivity index (χ4n) is 1.20. The highest BCUT2D eigenvalue weighted by atomic mass is 35.5. The van der Waals surface area contributed by atoms with Crippen LogP contribution in [0.5, 0.6) is 5.75 Å². The van der Waals surface area contributed by atoms with Crippen LogP contribution in [-0.2, 0) is 4.79 Å². The summed E-state index contributed by atoms with van der Waals surface area (Å²) in [4.78, 5) is 11.3. The molecule has 5 heteroatoms. The maximum Gasteiger partial charge on any atom is 0.272 e. The second-order valence-corrected chi connectivity index (χ2v) is 4.06. The van der Waals surface area contributed by atoms with Crippen LogP contribution in [0.25, 0.3) is 0 Å². The number of nitrogens with one attached hydrogen (secondary N) is 1. The van der Waals surface area contributed by atoms with E-state index in [1.807, 2.05) is 6.92 Å². The average Bonchev–Trinajstić information content (AvgIpc) is 2.15. The first-order valence-corrected chi connectivity index (χ1v) is 5.22. The largest absolute Gasteiger partial charge is 0.483 e. The molecule has 0 aliphatic rings. The number of halogens is 1. The third-order valence-corrected chi connectivity index (χ3v) is 2.08. The van der Waals surface area contributed by atoms with Gasteiger partial charge in [-0.25, -0.2) is 5.01 Å². The Hall–Kier alpha value is -1.26. The summed E-state index contributed by atoms with van der Waals surface area (Å²) in [5, 5.41) is 2.23. The van der Waals surface area contributed by atoms with Crippen LogP contribution in [0.15, 0.2) is 18.2 Å². The van der Waals surface area contributed by atoms with E-state index in [9.17, 15) is 4.79 Å². The summed E-state index contributed by atoms with van der Waals surface area (Å²) >= 11 is 5.81. The van der Waals surface area contributed by atoms with Gasteiger partial charge in [-0.05, 0) is 30.7 Å². The molecule has 0 aliphatic carbocycles. The molecule has 1 aromatic carbocycles. The van der Waals surface area contributed by atoms with Crippen LogP contribution < -0.4 is 10.2 Å². The highest BCUT2D eigenvalue weighted by Gasteiger charge is 2.05. The van der Waals surface area contributed by atoms with Crippen LogP contribution in [-0.4, -0.2) is 31.6 Å². The first kappa shape index (κ1) is 12.8. The van der Waals surface area contributed by atoms with E-state index >= 15 is 0 Å². The zero-order chi connectivity index (χ0) is 12.1. The molecule has 4 nitrogen and oxygen atoms in total. The Kier molecular flexibility index (Phi) is 4.58. The number of benzene rings is 1. The maximum atomic E-state index is 11.3. The lowest BCUT2D eigenvalue weighted by atomic mass is 10.2. The maximum absolute atomic E-state index is 11.3. The number of carbonyl (C=O) groups is 1. The van der Waals surface area contributed by atoms with Crippen LogP contribution >= 0.6 is 11.6 Å². The highest BCUT2D eigenvalue weighted by Crippen LogP contribution is 2.21. The van der Waals surface area contributed by atoms with E-state index in [0.717, 1.165) is 5.56 Å². The van der Waals surface area contributed by atoms with E-state index in [1.54, 1.807) is 37.3 Å². The van der Waals surface area contributed by atoms with E-state index < -0.39 is 0 Å². The fourth-order valence-corrected chi connectivity index (χ4v) is 1.43. The first-order chi connectivity index (χ1) is 7.49. The van der Waals surface area contributed by atoms with Gasteiger partial charge in [0.05, 0.1) is 0 Å². The minimum atomic E-state index is -0.195. The van der Waals surface area contributed by atoms with Crippen molar-refractivity contribution in [3.63, 3.8) is 0 Å². The van der Waals surface area contributed by atoms with E-state index in [4.69, 9.17) is 16.3 Å². The zero-order valence-corrected chi connectivity index (χ0v) is 10.3. The van der Waals surface area contributed by atoms with Gasteiger partial charge in [0.25, 0.3) is 5.91 Å². The van der Waals surface area contributed by atoms with Crippen molar-refractivity contribution >= 4 is 17.5 Å². The second kappa shape index (κ2) is 5.72. The fraction of sp³-hybridized carbons (Fsp3) is 0.364. The Bertz CT molecular complexity index is 380. The number of rotatable bonds is 4. The van der Waals surface area contributed by atoms with Gasteiger partial charge in [0, 0.05) is 19.1 Å². The predicted octanol–water partition coefficient (Wildman–Crippen LogP) is 1.62. The molecule has 88 valence electrons. The van der Waals surface area contributed by atoms with E-state index in [2.05, 4.69) is 5.43 Å². The Labute approximate surface area is 100 Å². The molecule has 0 atom stereocenters. The van der Waals surface area contributed by atoms with Crippen molar-refractivity contribution in [2.24, 2.45) is 0 Å². The van der Waals surface area contributed by atoms with Crippen molar-refractivity contribution in [1.82, 2.24) is 10.4 Å². The molecule has 0 saturated carbocycles. The Morgan fingerprint density at radius 2 is 2.19 bits per heavy atom. The third kappa shape index (κ3) is 4.08. The molecule has 1 rings (SSSR count). The smallest absolute Gasteiger partial charge is 0.272 e. The summed E-state index contributed by atoms with van der Waals surface area (Å²) in [7, 11) is 3.48. The molecule has 0 saturated heterocycles. The van der Waals surface area contributed by atoms with Crippen molar-refractivity contribution in [1.29, 1.82) is 0 Å². The summed E-state index contributed by atoms with van der Waals surface area (Å²) in [6.45, 7) is 1.87. The summed E-state index contributed by atoms with van der Waals surface area (Å²) < 4.78 is 5.36. The summed E-state index contributed by atoms with van der Waals surface area (Å²) in [5.74, 6) is 0.470. The van der Waals surface area contributed by atoms with Crippen LogP contribution in [0, 0.1) is 6.92 Å². The van der Waals surface area contributed by atoms with Gasteiger partial charge in [-0.1, -0.05) is 11.6 Å². The second-order valence-electron chi connectivity index (χ2n) is 3.63. The molecule has 0 spiro atoms. The quantitative estimate of drug-likeness (QED) is 0.816. The molecule has 0 heterocycles. The molecule has 0 radical (unpaired) electrons. The minimum absolute atomic E-state index is 0.0132. The van der Waals surface area contributed by atoms with Crippen LogP contribution in [0.1, 0.15) is 5.56 Å². The van der Waals surface area contributed by atoms with Gasteiger partial charge < -0.3 is 4.74 Å². The Balaban J connectivity index is 2.51. The molecule has 16 heavy (non-hydrogen) atoms. The summed E-state index contributed by atoms with van der Waals surface area (Å²) in [6, 6.07) is 5.27. The number of aryl methyl sites for hydroxylation is 1. The van der Waals surface area contributed by atoms with Gasteiger partial charge in [-0.2, -0.15) is 0 Å². The number of carbonyl (C=O) groups excluding carboxylic acids is 1. The molecule has 0 aromatic heterocycles. The van der Waals surface area contributed by atoms with Gasteiger partial charge in [0.15, 0.2) is 6.61 Å². The number of hydrogen-bond acceptors (Lipinski definition) is 3. The van der Waals surface area contributed by atoms with Crippen molar-refractivity contribution in [2.75, 3.05) is 20.7 Å². The van der Waals surface area contributed by atoms with Gasteiger partial charge in [-0.15, -0.1) is 0 Å². The van der Waals surface area contributed by atoms with Gasteiger partial charge in [0.2, 0.25) is 0 Å². The van der Waals surface area contributed by atoms with Crippen LogP contribution in [0.4, 0.5) is 0 Å². The molecule has 0 bridgehead atoms. The molecule has 1 N–H and O–H groups in total. The predicted molar refractivity (Wildman–Crippen MR) is 63.5 cm³/mol. The topological polar surface area (TPSA) is 41.6 Å². The number of ether oxygens (including phenoxy) is 1. The van der Waals surface area contributed by atoms with Gasteiger partial charge in [-0.3, -0.25) is 10.2 Å². The molecular formula is C11H15ClN2O2. The summed E-state index contributed by atoms with van der Waals surface area (Å²) in [5.41, 5.74) is 3.49. The first-order valence-electron chi connectivity index (χ1n) is 4.85. The standard InChI is InChI=1S/C11H15ClN2O2/c1-8-6-9(12)4-5-10(8)16-7-11(15)13-14(2)3/h4-6H,7H2,1-3H3,(H,13,15). The van der Waals surface area contributed by atoms with E-state index in [1.165, 1.54) is 0 Å². The molecule has 0 fully saturated rings. The molecule has 0 aliphatic heterocycles. The lowest BCUT2D eigenvalue weighted by Crippen LogP contribution is -2.39. The lowest BCUT2D eigenvalue weighted by Gasteiger charge is -2.13. The van der Waals surface area contributed by atoms with E-state index in [0.29, 0.717) is 10.8 Å². The number of hydrogen-bond donors (Lipinski definition) is 1. The minimum Gasteiger partial charge on any atom is -0.483 e. The Morgan fingerprint density at radius 3 is 2.75 bits per heavy atom. The molecule has 1 aromatic rings. The van der Waals surface area contributed by atoms with Crippen molar-refractivity contribution < 1.29 is 9.53 Å². The highest BCUT2D eigenvalue weighted by molar-refractivity contribution is 6.30. The van der Waals surface area contributed by atoms with Crippen molar-refractivity contribution in [3.05, 3.63) is 28.8 Å². The monoisotopic (exact) mass is 242 g/mol. The van der Waals surface area contributed by atoms with Crippen molar-refractivity contribution in [2.45, 2.75) is 6.92 Å². The number of nitrogens with zero attached hydrogens (tertiary/aromatic N) is 1. The lowest BCUT2D eigenvalue weighted by molar-refractivity contribution is -0.126. The third-order valence-electron chi connectivity index (χ3n) is 1.84. The van der Waals surface area contributed by atoms with Crippen LogP contribution in [0.3, 0.4) is 0 Å². The molecule has 1 amide bonds. The normalized spacial score (nSPS) is 10.3.